The third-order valence-electron chi connectivity index (χ3n) is 3.86. The largest absolute Gasteiger partial charge is 0.307 e. The summed E-state index contributed by atoms with van der Waals surface area (Å²) in [5, 5.41) is 3.82. The Morgan fingerprint density at radius 3 is 1.95 bits per heavy atom. The molecule has 0 spiro atoms. The molecule has 0 saturated heterocycles. The maximum absolute atomic E-state index is 3.82. The van der Waals surface area contributed by atoms with Crippen LogP contribution >= 0.6 is 0 Å². The zero-order valence-corrected chi connectivity index (χ0v) is 12.5. The van der Waals surface area contributed by atoms with Gasteiger partial charge < -0.3 is 5.32 Å². The second-order valence-corrected chi connectivity index (χ2v) is 5.33. The van der Waals surface area contributed by atoms with Crippen LogP contribution in [0.25, 0.3) is 0 Å². The van der Waals surface area contributed by atoms with Gasteiger partial charge in [-0.05, 0) is 30.4 Å². The van der Waals surface area contributed by atoms with Crippen LogP contribution in [0.5, 0.6) is 0 Å². The molecule has 0 bridgehead atoms. The van der Waals surface area contributed by atoms with Gasteiger partial charge in [-0.3, -0.25) is 0 Å². The van der Waals surface area contributed by atoms with Gasteiger partial charge in [0.2, 0.25) is 0 Å². The number of benzene rings is 2. The van der Waals surface area contributed by atoms with Gasteiger partial charge in [-0.25, -0.2) is 0 Å². The molecule has 2 aromatic carbocycles. The van der Waals surface area contributed by atoms with E-state index in [0.717, 1.165) is 19.3 Å². The molecule has 1 heteroatoms. The summed E-state index contributed by atoms with van der Waals surface area (Å²) < 4.78 is 0. The molecule has 0 aliphatic carbocycles. The van der Waals surface area contributed by atoms with E-state index < -0.39 is 0 Å². The summed E-state index contributed by atoms with van der Waals surface area (Å²) in [4.78, 5) is 0. The van der Waals surface area contributed by atoms with Gasteiger partial charge in [-0.1, -0.05) is 74.5 Å². The Morgan fingerprint density at radius 1 is 0.800 bits per heavy atom. The molecule has 0 aliphatic heterocycles. The Hall–Kier alpha value is -1.60. The van der Waals surface area contributed by atoms with Crippen molar-refractivity contribution in [2.24, 2.45) is 0 Å². The summed E-state index contributed by atoms with van der Waals surface area (Å²) in [5.41, 5.74) is 2.80. The van der Waals surface area contributed by atoms with Crippen molar-refractivity contribution in [2.75, 3.05) is 0 Å². The van der Waals surface area contributed by atoms with E-state index in [1.165, 1.54) is 11.1 Å². The van der Waals surface area contributed by atoms with Gasteiger partial charge in [0, 0.05) is 12.1 Å². The van der Waals surface area contributed by atoms with Crippen molar-refractivity contribution < 1.29 is 0 Å². The molecule has 0 saturated carbocycles. The lowest BCUT2D eigenvalue weighted by Gasteiger charge is -2.25. The molecule has 1 N–H and O–H groups in total. The molecule has 20 heavy (non-hydrogen) atoms. The zero-order valence-electron chi connectivity index (χ0n) is 12.5. The summed E-state index contributed by atoms with van der Waals surface area (Å²) in [7, 11) is 0. The van der Waals surface area contributed by atoms with Gasteiger partial charge in [0.25, 0.3) is 0 Å². The van der Waals surface area contributed by atoms with Crippen LogP contribution in [0.3, 0.4) is 0 Å². The van der Waals surface area contributed by atoms with Crippen LogP contribution in [-0.4, -0.2) is 6.04 Å². The first-order valence-electron chi connectivity index (χ1n) is 7.68. The number of hydrogen-bond donors (Lipinski definition) is 1. The first-order valence-corrected chi connectivity index (χ1v) is 7.68. The van der Waals surface area contributed by atoms with Crippen molar-refractivity contribution in [3.05, 3.63) is 71.8 Å². The highest BCUT2D eigenvalue weighted by atomic mass is 14.9. The van der Waals surface area contributed by atoms with Gasteiger partial charge in [0.05, 0.1) is 0 Å². The van der Waals surface area contributed by atoms with E-state index in [9.17, 15) is 0 Å². The minimum Gasteiger partial charge on any atom is -0.307 e. The van der Waals surface area contributed by atoms with Crippen LogP contribution in [0.2, 0.25) is 0 Å². The third kappa shape index (κ3) is 4.21. The van der Waals surface area contributed by atoms with Gasteiger partial charge in [-0.2, -0.15) is 0 Å². The smallest absolute Gasteiger partial charge is 0.0320 e. The van der Waals surface area contributed by atoms with Crippen molar-refractivity contribution in [1.82, 2.24) is 5.32 Å². The molecule has 0 aromatic heterocycles. The first kappa shape index (κ1) is 14.8. The standard InChI is InChI=1S/C19H25N/c1-3-18(15-16-11-7-5-8-12-16)20-19(4-2)17-13-9-6-10-14-17/h5-14,18-20H,3-4,15H2,1-2H3. The Balaban J connectivity index is 2.01. The van der Waals surface area contributed by atoms with E-state index in [0.29, 0.717) is 12.1 Å². The summed E-state index contributed by atoms with van der Waals surface area (Å²) >= 11 is 0. The molecule has 106 valence electrons. The van der Waals surface area contributed by atoms with E-state index in [1.54, 1.807) is 0 Å². The summed E-state index contributed by atoms with van der Waals surface area (Å²) in [6.07, 6.45) is 3.37. The predicted octanol–water partition coefficient (Wildman–Crippen LogP) is 4.75. The second-order valence-electron chi connectivity index (χ2n) is 5.33. The van der Waals surface area contributed by atoms with Crippen molar-refractivity contribution in [2.45, 2.75) is 45.2 Å². The molecule has 1 nitrogen and oxygen atoms in total. The van der Waals surface area contributed by atoms with E-state index in [1.807, 2.05) is 0 Å². The monoisotopic (exact) mass is 267 g/mol. The summed E-state index contributed by atoms with van der Waals surface area (Å²) in [5.74, 6) is 0. The first-order chi connectivity index (χ1) is 9.83. The van der Waals surface area contributed by atoms with Gasteiger partial charge in [0.15, 0.2) is 0 Å². The average Bonchev–Trinajstić information content (AvgIpc) is 2.53. The van der Waals surface area contributed by atoms with Gasteiger partial charge >= 0.3 is 0 Å². The predicted molar refractivity (Wildman–Crippen MR) is 86.8 cm³/mol. The molecule has 2 rings (SSSR count). The fourth-order valence-corrected chi connectivity index (χ4v) is 2.64. The zero-order chi connectivity index (χ0) is 14.2. The molecule has 0 aliphatic rings. The van der Waals surface area contributed by atoms with Crippen LogP contribution in [0.1, 0.15) is 43.9 Å². The maximum atomic E-state index is 3.82. The molecule has 2 atom stereocenters. The molecule has 0 fully saturated rings. The SMILES string of the molecule is CCC(Cc1ccccc1)NC(CC)c1ccccc1. The van der Waals surface area contributed by atoms with Crippen LogP contribution in [-0.2, 0) is 6.42 Å². The van der Waals surface area contributed by atoms with Crippen molar-refractivity contribution >= 4 is 0 Å². The average molecular weight is 267 g/mol. The van der Waals surface area contributed by atoms with E-state index >= 15 is 0 Å². The number of rotatable bonds is 7. The topological polar surface area (TPSA) is 12.0 Å². The maximum Gasteiger partial charge on any atom is 0.0320 e. The van der Waals surface area contributed by atoms with E-state index in [4.69, 9.17) is 0 Å². The van der Waals surface area contributed by atoms with Crippen molar-refractivity contribution in [3.8, 4) is 0 Å². The minimum absolute atomic E-state index is 0.449. The summed E-state index contributed by atoms with van der Waals surface area (Å²) in [6.45, 7) is 4.51. The number of hydrogen-bond acceptors (Lipinski definition) is 1. The number of nitrogens with one attached hydrogen (secondary N) is 1. The Bertz CT molecular complexity index is 478. The molecular formula is C19H25N. The third-order valence-corrected chi connectivity index (χ3v) is 3.86. The Morgan fingerprint density at radius 2 is 1.40 bits per heavy atom. The quantitative estimate of drug-likeness (QED) is 0.763. The van der Waals surface area contributed by atoms with Gasteiger partial charge in [0.1, 0.15) is 0 Å². The molecule has 0 radical (unpaired) electrons. The highest BCUT2D eigenvalue weighted by Gasteiger charge is 2.14. The molecule has 0 heterocycles. The molecule has 0 amide bonds. The highest BCUT2D eigenvalue weighted by Crippen LogP contribution is 2.18. The van der Waals surface area contributed by atoms with Crippen molar-refractivity contribution in [3.63, 3.8) is 0 Å². The van der Waals surface area contributed by atoms with E-state index in [-0.39, 0.29) is 0 Å². The van der Waals surface area contributed by atoms with Crippen LogP contribution in [0.4, 0.5) is 0 Å². The molecule has 2 unspecified atom stereocenters. The lowest BCUT2D eigenvalue weighted by atomic mass is 9.99. The van der Waals surface area contributed by atoms with Crippen LogP contribution in [0.15, 0.2) is 60.7 Å². The summed E-state index contributed by atoms with van der Waals surface area (Å²) in [6, 6.07) is 22.5. The fourth-order valence-electron chi connectivity index (χ4n) is 2.64. The minimum atomic E-state index is 0.449. The highest BCUT2D eigenvalue weighted by molar-refractivity contribution is 5.20. The molecule has 2 aromatic rings. The Labute approximate surface area is 123 Å². The Kier molecular flexibility index (Phi) is 5.82. The van der Waals surface area contributed by atoms with Crippen LogP contribution < -0.4 is 5.32 Å². The van der Waals surface area contributed by atoms with Crippen LogP contribution in [0, 0.1) is 0 Å². The van der Waals surface area contributed by atoms with E-state index in [2.05, 4.69) is 79.8 Å². The fraction of sp³-hybridized carbons (Fsp3) is 0.368. The normalized spacial score (nSPS) is 13.9. The van der Waals surface area contributed by atoms with Crippen molar-refractivity contribution in [1.29, 1.82) is 0 Å². The second kappa shape index (κ2) is 7.86. The molecular weight excluding hydrogens is 242 g/mol. The van der Waals surface area contributed by atoms with Gasteiger partial charge in [-0.15, -0.1) is 0 Å². The lowest BCUT2D eigenvalue weighted by molar-refractivity contribution is 0.413. The lowest BCUT2D eigenvalue weighted by Crippen LogP contribution is -2.33.